The van der Waals surface area contributed by atoms with Crippen LogP contribution in [0.25, 0.3) is 0 Å². The second kappa shape index (κ2) is 5.86. The van der Waals surface area contributed by atoms with Gasteiger partial charge in [-0.1, -0.05) is 29.5 Å². The largest absolute Gasteiger partial charge is 0.316 e. The third kappa shape index (κ3) is 3.02. The van der Waals surface area contributed by atoms with E-state index in [1.165, 1.54) is 11.8 Å². The van der Waals surface area contributed by atoms with Gasteiger partial charge in [0.2, 0.25) is 0 Å². The summed E-state index contributed by atoms with van der Waals surface area (Å²) in [5.41, 5.74) is 1.96. The fraction of sp³-hybridized carbons (Fsp3) is 0.429. The van der Waals surface area contributed by atoms with Crippen LogP contribution in [0.4, 0.5) is 5.69 Å². The van der Waals surface area contributed by atoms with E-state index >= 15 is 0 Å². The number of carbonyl (C=O) groups excluding carboxylic acids is 1. The molecule has 2 saturated heterocycles. The minimum atomic E-state index is -3.04. The lowest BCUT2D eigenvalue weighted by Gasteiger charge is -2.24. The molecule has 2 fully saturated rings. The van der Waals surface area contributed by atoms with Crippen molar-refractivity contribution >= 4 is 50.0 Å². The Morgan fingerprint density at radius 3 is 2.68 bits per heavy atom. The molecule has 0 bridgehead atoms. The number of halogens is 1. The number of rotatable bonds is 2. The maximum absolute atomic E-state index is 11.9. The van der Waals surface area contributed by atoms with E-state index in [0.717, 1.165) is 11.3 Å². The first-order valence-electron chi connectivity index (χ1n) is 6.80. The number of amidine groups is 1. The number of aryl methyl sites for hydroxylation is 1. The van der Waals surface area contributed by atoms with Gasteiger partial charge >= 0.3 is 0 Å². The number of hydrogen-bond donors (Lipinski definition) is 0. The number of fused-ring (bicyclic) bond motifs is 1. The van der Waals surface area contributed by atoms with E-state index < -0.39 is 15.7 Å². The number of hydrogen-bond acceptors (Lipinski definition) is 4. The molecule has 1 aromatic rings. The molecule has 0 spiro atoms. The van der Waals surface area contributed by atoms with Crippen LogP contribution in [0.2, 0.25) is 0 Å². The molecular weight excluding hydrogens is 344 g/mol. The van der Waals surface area contributed by atoms with Crippen LogP contribution in [0.1, 0.15) is 5.56 Å². The van der Waals surface area contributed by atoms with Crippen LogP contribution in [-0.2, 0) is 14.6 Å². The molecule has 118 valence electrons. The molecule has 22 heavy (non-hydrogen) atoms. The summed E-state index contributed by atoms with van der Waals surface area (Å²) in [5.74, 6) is -0.380. The zero-order valence-corrected chi connectivity index (χ0v) is 14.3. The van der Waals surface area contributed by atoms with Gasteiger partial charge in [-0.2, -0.15) is 4.99 Å². The third-order valence-corrected chi connectivity index (χ3v) is 7.15. The monoisotopic (exact) mass is 358 g/mol. The van der Waals surface area contributed by atoms with Gasteiger partial charge in [-0.05, 0) is 19.1 Å². The maximum atomic E-state index is 11.9. The number of anilines is 1. The second-order valence-electron chi connectivity index (χ2n) is 5.43. The number of thioether (sulfide) groups is 1. The van der Waals surface area contributed by atoms with Gasteiger partial charge in [0.15, 0.2) is 15.0 Å². The van der Waals surface area contributed by atoms with Crippen molar-refractivity contribution in [2.75, 3.05) is 22.3 Å². The Morgan fingerprint density at radius 2 is 2.05 bits per heavy atom. The van der Waals surface area contributed by atoms with Crippen molar-refractivity contribution in [3.8, 4) is 0 Å². The molecule has 2 aliphatic rings. The van der Waals surface area contributed by atoms with Crippen LogP contribution < -0.4 is 4.90 Å². The fourth-order valence-electron chi connectivity index (χ4n) is 2.71. The van der Waals surface area contributed by atoms with Crippen LogP contribution >= 0.6 is 23.4 Å². The predicted octanol–water partition coefficient (Wildman–Crippen LogP) is 1.84. The number of benzene rings is 1. The molecule has 5 nitrogen and oxygen atoms in total. The number of carbonyl (C=O) groups is 1. The van der Waals surface area contributed by atoms with Crippen molar-refractivity contribution in [1.82, 2.24) is 0 Å². The summed E-state index contributed by atoms with van der Waals surface area (Å²) in [5, 5.41) is 0.451. The maximum Gasteiger partial charge on any atom is 0.262 e. The van der Waals surface area contributed by atoms with Gasteiger partial charge in [-0.25, -0.2) is 8.42 Å². The Bertz CT molecular complexity index is 731. The van der Waals surface area contributed by atoms with E-state index in [2.05, 4.69) is 4.99 Å². The van der Waals surface area contributed by atoms with Gasteiger partial charge in [0, 0.05) is 10.9 Å². The highest BCUT2D eigenvalue weighted by atomic mass is 35.5. The van der Waals surface area contributed by atoms with Crippen molar-refractivity contribution in [2.45, 2.75) is 18.2 Å². The Morgan fingerprint density at radius 1 is 1.36 bits per heavy atom. The molecule has 3 rings (SSSR count). The molecule has 2 heterocycles. The SMILES string of the molecule is Cc1ccc(N2C(=NC(=O)CCl)S[C@H]3CS(=O)(=O)C[C@@H]32)cc1. The Balaban J connectivity index is 2.01. The molecule has 0 radical (unpaired) electrons. The number of aliphatic imine (C=N–C) groups is 1. The lowest BCUT2D eigenvalue weighted by molar-refractivity contribution is -0.115. The predicted molar refractivity (Wildman–Crippen MR) is 90.6 cm³/mol. The van der Waals surface area contributed by atoms with Crippen LogP contribution in [0.5, 0.6) is 0 Å². The Labute approximate surface area is 138 Å². The van der Waals surface area contributed by atoms with Gasteiger partial charge in [-0.15, -0.1) is 11.6 Å². The summed E-state index contributed by atoms with van der Waals surface area (Å²) >= 11 is 6.88. The summed E-state index contributed by atoms with van der Waals surface area (Å²) in [6.45, 7) is 1.98. The van der Waals surface area contributed by atoms with E-state index in [9.17, 15) is 13.2 Å². The first-order chi connectivity index (χ1) is 10.4. The van der Waals surface area contributed by atoms with Gasteiger partial charge in [0.05, 0.1) is 17.5 Å². The van der Waals surface area contributed by atoms with Gasteiger partial charge < -0.3 is 4.90 Å². The molecule has 8 heteroatoms. The minimum Gasteiger partial charge on any atom is -0.316 e. The van der Waals surface area contributed by atoms with E-state index in [4.69, 9.17) is 11.6 Å². The normalized spacial score (nSPS) is 28.1. The van der Waals surface area contributed by atoms with Crippen molar-refractivity contribution in [3.63, 3.8) is 0 Å². The molecule has 0 saturated carbocycles. The Kier molecular flexibility index (Phi) is 4.22. The summed E-state index contributed by atoms with van der Waals surface area (Å²) in [6, 6.07) is 7.57. The minimum absolute atomic E-state index is 0.0896. The lowest BCUT2D eigenvalue weighted by Crippen LogP contribution is -2.37. The summed E-state index contributed by atoms with van der Waals surface area (Å²) < 4.78 is 23.8. The number of nitrogens with zero attached hydrogens (tertiary/aromatic N) is 2. The van der Waals surface area contributed by atoms with Crippen molar-refractivity contribution in [1.29, 1.82) is 0 Å². The smallest absolute Gasteiger partial charge is 0.262 e. The Hall–Kier alpha value is -1.05. The van der Waals surface area contributed by atoms with Crippen molar-refractivity contribution < 1.29 is 13.2 Å². The average Bonchev–Trinajstić information content (AvgIpc) is 2.91. The molecule has 2 atom stereocenters. The van der Waals surface area contributed by atoms with Crippen molar-refractivity contribution in [2.24, 2.45) is 4.99 Å². The summed E-state index contributed by atoms with van der Waals surface area (Å²) in [4.78, 5) is 17.5. The molecule has 2 aliphatic heterocycles. The highest BCUT2D eigenvalue weighted by molar-refractivity contribution is 8.16. The van der Waals surface area contributed by atoms with Crippen LogP contribution in [0.3, 0.4) is 0 Å². The van der Waals surface area contributed by atoms with E-state index in [1.54, 1.807) is 0 Å². The highest BCUT2D eigenvalue weighted by Gasteiger charge is 2.49. The molecule has 0 aliphatic carbocycles. The number of alkyl halides is 1. The standard InChI is InChI=1S/C14H15ClN2O3S2/c1-9-2-4-10(5-3-9)17-11-7-22(19,20)8-12(11)21-14(17)16-13(18)6-15/h2-5,11-12H,6-8H2,1H3/t11-,12-/m0/s1. The first-order valence-corrected chi connectivity index (χ1v) is 10.0. The molecule has 0 N–H and O–H groups in total. The zero-order valence-electron chi connectivity index (χ0n) is 11.9. The highest BCUT2D eigenvalue weighted by Crippen LogP contribution is 2.40. The fourth-order valence-corrected chi connectivity index (χ4v) is 6.70. The topological polar surface area (TPSA) is 66.8 Å². The average molecular weight is 359 g/mol. The van der Waals surface area contributed by atoms with E-state index in [1.807, 2.05) is 36.1 Å². The molecule has 1 amide bonds. The molecule has 0 unspecified atom stereocenters. The van der Waals surface area contributed by atoms with Gasteiger partial charge in [0.1, 0.15) is 5.88 Å². The third-order valence-electron chi connectivity index (χ3n) is 3.71. The van der Waals surface area contributed by atoms with Gasteiger partial charge in [0.25, 0.3) is 5.91 Å². The first kappa shape index (κ1) is 15.8. The number of sulfone groups is 1. The second-order valence-corrected chi connectivity index (χ2v) is 9.06. The van der Waals surface area contributed by atoms with Crippen LogP contribution in [-0.4, -0.2) is 48.2 Å². The quantitative estimate of drug-likeness (QED) is 0.754. The van der Waals surface area contributed by atoms with E-state index in [0.29, 0.717) is 5.17 Å². The zero-order chi connectivity index (χ0) is 15.9. The molecule has 1 aromatic carbocycles. The van der Waals surface area contributed by atoms with E-state index in [-0.39, 0.29) is 28.7 Å². The lowest BCUT2D eigenvalue weighted by atomic mass is 10.1. The van der Waals surface area contributed by atoms with Crippen molar-refractivity contribution in [3.05, 3.63) is 29.8 Å². The summed E-state index contributed by atoms with van der Waals surface area (Å²) in [7, 11) is -3.04. The van der Waals surface area contributed by atoms with Crippen LogP contribution in [0.15, 0.2) is 29.3 Å². The van der Waals surface area contributed by atoms with Crippen LogP contribution in [0, 0.1) is 6.92 Å². The molecular formula is C14H15ClN2O3S2. The summed E-state index contributed by atoms with van der Waals surface area (Å²) in [6.07, 6.45) is 0. The van der Waals surface area contributed by atoms with Gasteiger partial charge in [-0.3, -0.25) is 4.79 Å². The number of amides is 1. The molecule has 0 aromatic heterocycles.